The van der Waals surface area contributed by atoms with Gasteiger partial charge >= 0.3 is 0 Å². The molecule has 7 nitrogen and oxygen atoms in total. The Kier molecular flexibility index (Phi) is 3.15. The van der Waals surface area contributed by atoms with Crippen molar-refractivity contribution in [3.05, 3.63) is 40.6 Å². The molecule has 0 aliphatic rings. The van der Waals surface area contributed by atoms with Crippen LogP contribution in [0.25, 0.3) is 10.8 Å². The Hall–Kier alpha value is -2.90. The number of nitrogens with two attached hydrogens (primary N) is 3. The minimum absolute atomic E-state index is 0.160. The molecule has 8 heteroatoms. The van der Waals surface area contributed by atoms with E-state index in [2.05, 4.69) is 15.0 Å². The second-order valence-corrected chi connectivity index (χ2v) is 3.70. The maximum atomic E-state index is 13.4. The first-order valence-electron chi connectivity index (χ1n) is 5.22. The summed E-state index contributed by atoms with van der Waals surface area (Å²) in [7, 11) is 0. The smallest absolute Gasteiger partial charge is 0.256 e. The highest BCUT2D eigenvalue weighted by Crippen LogP contribution is 2.20. The molecule has 1 heterocycles. The first kappa shape index (κ1) is 12.6. The number of pyridine rings is 1. The average molecular weight is 262 g/mol. The fraction of sp³-hybridized carbons (Fsp3) is 0. The van der Waals surface area contributed by atoms with Crippen molar-refractivity contribution >= 4 is 28.4 Å². The fourth-order valence-corrected chi connectivity index (χ4v) is 1.57. The van der Waals surface area contributed by atoms with E-state index in [1.807, 2.05) is 0 Å². The van der Waals surface area contributed by atoms with Gasteiger partial charge in [-0.25, -0.2) is 9.38 Å². The van der Waals surface area contributed by atoms with Crippen molar-refractivity contribution in [3.8, 4) is 0 Å². The molecule has 2 aromatic rings. The predicted molar refractivity (Wildman–Crippen MR) is 71.6 cm³/mol. The van der Waals surface area contributed by atoms with E-state index in [9.17, 15) is 9.18 Å². The molecule has 0 unspecified atom stereocenters. The van der Waals surface area contributed by atoms with E-state index in [1.54, 1.807) is 0 Å². The summed E-state index contributed by atoms with van der Waals surface area (Å²) in [6.07, 6.45) is 1.00. The molecule has 0 spiro atoms. The van der Waals surface area contributed by atoms with Crippen LogP contribution in [0.3, 0.4) is 0 Å². The number of aromatic nitrogens is 1. The predicted octanol–water partition coefficient (Wildman–Crippen LogP) is -0.113. The quantitative estimate of drug-likeness (QED) is 0.421. The number of hydrogen-bond donors (Lipinski definition) is 4. The van der Waals surface area contributed by atoms with Gasteiger partial charge in [0.25, 0.3) is 5.56 Å². The highest BCUT2D eigenvalue weighted by Gasteiger charge is 2.05. The van der Waals surface area contributed by atoms with Gasteiger partial charge in [-0.2, -0.15) is 4.99 Å². The average Bonchev–Trinajstić information content (AvgIpc) is 2.33. The first-order chi connectivity index (χ1) is 8.97. The van der Waals surface area contributed by atoms with E-state index < -0.39 is 11.4 Å². The third kappa shape index (κ3) is 2.68. The number of fused-ring (bicyclic) bond motifs is 1. The van der Waals surface area contributed by atoms with Crippen molar-refractivity contribution in [2.45, 2.75) is 0 Å². The minimum atomic E-state index is -0.526. The number of aliphatic imine (C=N–C) groups is 2. The molecule has 98 valence electrons. The molecule has 0 fully saturated rings. The van der Waals surface area contributed by atoms with E-state index in [4.69, 9.17) is 17.2 Å². The number of aromatic amines is 1. The summed E-state index contributed by atoms with van der Waals surface area (Å²) in [5.74, 6) is -0.916. The number of nitrogens with zero attached hydrogens (tertiary/aromatic N) is 2. The Morgan fingerprint density at radius 3 is 2.63 bits per heavy atom. The van der Waals surface area contributed by atoms with Crippen molar-refractivity contribution in [2.75, 3.05) is 0 Å². The van der Waals surface area contributed by atoms with Gasteiger partial charge < -0.3 is 22.2 Å². The molecule has 0 atom stereocenters. The Labute approximate surface area is 106 Å². The Bertz CT molecular complexity index is 744. The van der Waals surface area contributed by atoms with Crippen LogP contribution in [0.15, 0.2) is 39.2 Å². The summed E-state index contributed by atoms with van der Waals surface area (Å²) in [4.78, 5) is 21.3. The lowest BCUT2D eigenvalue weighted by molar-refractivity contribution is 0.633. The monoisotopic (exact) mass is 262 g/mol. The van der Waals surface area contributed by atoms with Crippen LogP contribution in [-0.4, -0.2) is 16.9 Å². The number of rotatable bonds is 1. The van der Waals surface area contributed by atoms with Gasteiger partial charge in [0.1, 0.15) is 5.82 Å². The molecule has 1 aromatic heterocycles. The lowest BCUT2D eigenvalue weighted by Gasteiger charge is -2.00. The van der Waals surface area contributed by atoms with Gasteiger partial charge in [-0.3, -0.25) is 4.79 Å². The van der Waals surface area contributed by atoms with Gasteiger partial charge in [-0.05, 0) is 18.2 Å². The third-order valence-electron chi connectivity index (χ3n) is 2.32. The van der Waals surface area contributed by atoms with Gasteiger partial charge in [0, 0.05) is 11.6 Å². The van der Waals surface area contributed by atoms with Crippen LogP contribution in [-0.2, 0) is 0 Å². The molecule has 0 aliphatic heterocycles. The molecular formula is C11H11FN6O. The van der Waals surface area contributed by atoms with Gasteiger partial charge in [-0.15, -0.1) is 0 Å². The minimum Gasteiger partial charge on any atom is -0.370 e. The SMILES string of the molecule is NC(N)=NC(N)=Nc1ccc2c(F)c[nH]c(=O)c2c1. The number of guanidine groups is 2. The van der Waals surface area contributed by atoms with Gasteiger partial charge in [-0.1, -0.05) is 0 Å². The second-order valence-electron chi connectivity index (χ2n) is 3.70. The summed E-state index contributed by atoms with van der Waals surface area (Å²) in [6.45, 7) is 0. The van der Waals surface area contributed by atoms with Crippen LogP contribution >= 0.6 is 0 Å². The topological polar surface area (TPSA) is 136 Å². The molecule has 7 N–H and O–H groups in total. The number of hydrogen-bond acceptors (Lipinski definition) is 2. The van der Waals surface area contributed by atoms with Crippen LogP contribution in [0.2, 0.25) is 0 Å². The third-order valence-corrected chi connectivity index (χ3v) is 2.32. The zero-order chi connectivity index (χ0) is 14.0. The number of halogens is 1. The zero-order valence-corrected chi connectivity index (χ0v) is 9.72. The number of nitrogens with one attached hydrogen (secondary N) is 1. The van der Waals surface area contributed by atoms with Gasteiger partial charge in [0.15, 0.2) is 5.96 Å². The summed E-state index contributed by atoms with van der Waals surface area (Å²) in [6, 6.07) is 4.33. The molecule has 19 heavy (non-hydrogen) atoms. The Balaban J connectivity index is 2.57. The summed E-state index contributed by atoms with van der Waals surface area (Å²) in [5.41, 5.74) is 15.7. The highest BCUT2D eigenvalue weighted by molar-refractivity contribution is 5.94. The van der Waals surface area contributed by atoms with Crippen LogP contribution in [0.5, 0.6) is 0 Å². The van der Waals surface area contributed by atoms with Crippen LogP contribution in [0.1, 0.15) is 0 Å². The maximum Gasteiger partial charge on any atom is 0.256 e. The normalized spacial score (nSPS) is 11.5. The lowest BCUT2D eigenvalue weighted by atomic mass is 10.1. The summed E-state index contributed by atoms with van der Waals surface area (Å²) in [5, 5.41) is 0.363. The summed E-state index contributed by atoms with van der Waals surface area (Å²) < 4.78 is 13.4. The number of benzene rings is 1. The zero-order valence-electron chi connectivity index (χ0n) is 9.72. The Morgan fingerprint density at radius 2 is 1.95 bits per heavy atom. The first-order valence-corrected chi connectivity index (χ1v) is 5.22. The molecule has 0 bridgehead atoms. The Morgan fingerprint density at radius 1 is 1.21 bits per heavy atom. The van der Waals surface area contributed by atoms with Gasteiger partial charge in [0.2, 0.25) is 5.96 Å². The standard InChI is InChI=1S/C11H11FN6O/c12-8-4-16-9(19)7-3-5(1-2-6(7)8)17-11(15)18-10(13)14/h1-4H,(H,16,19)(H6,13,14,15,17,18). The molecule has 0 radical (unpaired) electrons. The lowest BCUT2D eigenvalue weighted by Crippen LogP contribution is -2.26. The molecule has 0 amide bonds. The van der Waals surface area contributed by atoms with Crippen molar-refractivity contribution < 1.29 is 4.39 Å². The molecular weight excluding hydrogens is 251 g/mol. The van der Waals surface area contributed by atoms with E-state index in [0.717, 1.165) is 6.20 Å². The largest absolute Gasteiger partial charge is 0.370 e. The van der Waals surface area contributed by atoms with Crippen molar-refractivity contribution in [2.24, 2.45) is 27.2 Å². The van der Waals surface area contributed by atoms with Crippen LogP contribution in [0, 0.1) is 5.82 Å². The van der Waals surface area contributed by atoms with Crippen molar-refractivity contribution in [1.29, 1.82) is 0 Å². The molecule has 0 saturated heterocycles. The molecule has 0 saturated carbocycles. The number of H-pyrrole nitrogens is 1. The fourth-order valence-electron chi connectivity index (χ4n) is 1.57. The highest BCUT2D eigenvalue weighted by atomic mass is 19.1. The van der Waals surface area contributed by atoms with E-state index in [1.165, 1.54) is 18.2 Å². The molecule has 2 rings (SSSR count). The van der Waals surface area contributed by atoms with Gasteiger partial charge in [0.05, 0.1) is 11.1 Å². The van der Waals surface area contributed by atoms with E-state index in [-0.39, 0.29) is 22.7 Å². The second kappa shape index (κ2) is 4.77. The van der Waals surface area contributed by atoms with Crippen molar-refractivity contribution in [1.82, 2.24) is 4.98 Å². The van der Waals surface area contributed by atoms with E-state index >= 15 is 0 Å². The summed E-state index contributed by atoms with van der Waals surface area (Å²) >= 11 is 0. The van der Waals surface area contributed by atoms with E-state index in [0.29, 0.717) is 5.69 Å². The van der Waals surface area contributed by atoms with Crippen LogP contribution in [0.4, 0.5) is 10.1 Å². The molecule has 1 aromatic carbocycles. The molecule has 0 aliphatic carbocycles. The van der Waals surface area contributed by atoms with Crippen molar-refractivity contribution in [3.63, 3.8) is 0 Å². The maximum absolute atomic E-state index is 13.4. The van der Waals surface area contributed by atoms with Crippen LogP contribution < -0.4 is 22.8 Å².